The van der Waals surface area contributed by atoms with E-state index >= 15 is 0 Å². The molecule has 3 rings (SSSR count). The lowest BCUT2D eigenvalue weighted by molar-refractivity contribution is -0.113. The molecule has 0 heterocycles. The van der Waals surface area contributed by atoms with Crippen LogP contribution >= 0.6 is 0 Å². The molecule has 0 bridgehead atoms. The molecule has 1 aliphatic rings. The van der Waals surface area contributed by atoms with E-state index < -0.39 is 0 Å². The zero-order valence-corrected chi connectivity index (χ0v) is 15.1. The minimum Gasteiger partial charge on any atom is -0.295 e. The van der Waals surface area contributed by atoms with Crippen LogP contribution in [0.15, 0.2) is 78.4 Å². The van der Waals surface area contributed by atoms with Crippen molar-refractivity contribution >= 4 is 5.78 Å². The number of carbonyl (C=O) groups excluding carboxylic acids is 1. The summed E-state index contributed by atoms with van der Waals surface area (Å²) in [5.41, 5.74) is 5.41. The van der Waals surface area contributed by atoms with E-state index in [0.717, 1.165) is 12.8 Å². The Balaban J connectivity index is 1.61. The van der Waals surface area contributed by atoms with Gasteiger partial charge >= 0.3 is 0 Å². The SMILES string of the molecule is CC(CC1=CCC(=O)C=C1)c1ccc(C(C)Cc2ccccc2)cc1. The molecule has 2 aromatic rings. The van der Waals surface area contributed by atoms with Gasteiger partial charge in [-0.3, -0.25) is 4.79 Å². The molecule has 0 saturated carbocycles. The quantitative estimate of drug-likeness (QED) is 0.636. The summed E-state index contributed by atoms with van der Waals surface area (Å²) in [6.07, 6.45) is 8.35. The summed E-state index contributed by atoms with van der Waals surface area (Å²) in [5, 5.41) is 0. The third-order valence-corrected chi connectivity index (χ3v) is 5.05. The standard InChI is InChI=1S/C24H26O/c1-18(16-20-6-4-3-5-7-20)22-10-12-23(13-11-22)19(2)17-21-8-14-24(25)15-9-21/h3-14,18-19H,15-17H2,1-2H3. The zero-order valence-electron chi connectivity index (χ0n) is 15.1. The zero-order chi connectivity index (χ0) is 17.6. The van der Waals surface area contributed by atoms with Crippen molar-refractivity contribution in [1.29, 1.82) is 0 Å². The summed E-state index contributed by atoms with van der Waals surface area (Å²) in [5.74, 6) is 1.18. The predicted octanol–water partition coefficient (Wildman–Crippen LogP) is 5.98. The van der Waals surface area contributed by atoms with E-state index in [2.05, 4.69) is 74.5 Å². The van der Waals surface area contributed by atoms with Gasteiger partial charge < -0.3 is 0 Å². The second-order valence-corrected chi connectivity index (χ2v) is 7.15. The lowest BCUT2D eigenvalue weighted by atomic mass is 9.88. The normalized spacial score (nSPS) is 16.4. The van der Waals surface area contributed by atoms with Crippen LogP contribution in [-0.4, -0.2) is 5.78 Å². The predicted molar refractivity (Wildman–Crippen MR) is 105 cm³/mol. The Kier molecular flexibility index (Phi) is 5.65. The van der Waals surface area contributed by atoms with E-state index in [1.807, 2.05) is 6.08 Å². The van der Waals surface area contributed by atoms with Crippen LogP contribution in [0.2, 0.25) is 0 Å². The van der Waals surface area contributed by atoms with Crippen molar-refractivity contribution in [3.8, 4) is 0 Å². The number of rotatable bonds is 6. The number of hydrogen-bond donors (Lipinski definition) is 0. The molecule has 0 spiro atoms. The molecular formula is C24H26O. The number of carbonyl (C=O) groups is 1. The van der Waals surface area contributed by atoms with E-state index in [0.29, 0.717) is 18.3 Å². The molecule has 25 heavy (non-hydrogen) atoms. The van der Waals surface area contributed by atoms with E-state index in [9.17, 15) is 4.79 Å². The molecule has 2 aromatic carbocycles. The Bertz CT molecular complexity index is 766. The molecule has 2 unspecified atom stereocenters. The van der Waals surface area contributed by atoms with Crippen molar-refractivity contribution in [2.45, 2.75) is 44.9 Å². The highest BCUT2D eigenvalue weighted by Gasteiger charge is 2.12. The largest absolute Gasteiger partial charge is 0.295 e. The number of ketones is 1. The summed E-state index contributed by atoms with van der Waals surface area (Å²) >= 11 is 0. The van der Waals surface area contributed by atoms with Crippen LogP contribution in [0.4, 0.5) is 0 Å². The maximum absolute atomic E-state index is 11.3. The molecule has 0 aromatic heterocycles. The van der Waals surface area contributed by atoms with Crippen molar-refractivity contribution in [1.82, 2.24) is 0 Å². The van der Waals surface area contributed by atoms with Gasteiger partial charge in [0.05, 0.1) is 0 Å². The Labute approximate surface area is 151 Å². The highest BCUT2D eigenvalue weighted by molar-refractivity contribution is 5.92. The van der Waals surface area contributed by atoms with Crippen LogP contribution in [0.3, 0.4) is 0 Å². The molecule has 128 valence electrons. The first-order valence-corrected chi connectivity index (χ1v) is 9.15. The Hall–Kier alpha value is -2.41. The van der Waals surface area contributed by atoms with Crippen LogP contribution < -0.4 is 0 Å². The molecule has 0 aliphatic heterocycles. The lowest BCUT2D eigenvalue weighted by Gasteiger charge is -2.17. The van der Waals surface area contributed by atoms with Crippen LogP contribution in [0, 0.1) is 0 Å². The molecule has 0 N–H and O–H groups in total. The van der Waals surface area contributed by atoms with Gasteiger partial charge in [0, 0.05) is 6.42 Å². The van der Waals surface area contributed by atoms with Crippen molar-refractivity contribution in [3.63, 3.8) is 0 Å². The van der Waals surface area contributed by atoms with E-state index in [-0.39, 0.29) is 5.78 Å². The fourth-order valence-corrected chi connectivity index (χ4v) is 3.43. The van der Waals surface area contributed by atoms with E-state index in [4.69, 9.17) is 0 Å². The summed E-state index contributed by atoms with van der Waals surface area (Å²) in [6.45, 7) is 4.55. The van der Waals surface area contributed by atoms with Crippen molar-refractivity contribution in [3.05, 3.63) is 95.1 Å². The summed E-state index contributed by atoms with van der Waals surface area (Å²) in [7, 11) is 0. The van der Waals surface area contributed by atoms with Gasteiger partial charge in [-0.2, -0.15) is 0 Å². The van der Waals surface area contributed by atoms with Crippen LogP contribution in [0.25, 0.3) is 0 Å². The molecule has 2 atom stereocenters. The highest BCUT2D eigenvalue weighted by atomic mass is 16.1. The minimum absolute atomic E-state index is 0.202. The topological polar surface area (TPSA) is 17.1 Å². The fourth-order valence-electron chi connectivity index (χ4n) is 3.43. The first-order valence-electron chi connectivity index (χ1n) is 9.15. The number of allylic oxidation sites excluding steroid dienone is 4. The molecule has 1 nitrogen and oxygen atoms in total. The molecule has 0 amide bonds. The third-order valence-electron chi connectivity index (χ3n) is 5.05. The van der Waals surface area contributed by atoms with Gasteiger partial charge in [-0.05, 0) is 47.4 Å². The number of hydrogen-bond acceptors (Lipinski definition) is 1. The van der Waals surface area contributed by atoms with Gasteiger partial charge in [-0.1, -0.05) is 86.2 Å². The fraction of sp³-hybridized carbons (Fsp3) is 0.292. The van der Waals surface area contributed by atoms with Gasteiger partial charge in [0.2, 0.25) is 0 Å². The molecule has 0 radical (unpaired) electrons. The average molecular weight is 330 g/mol. The molecule has 1 heteroatoms. The molecule has 0 fully saturated rings. The highest BCUT2D eigenvalue weighted by Crippen LogP contribution is 2.27. The maximum Gasteiger partial charge on any atom is 0.159 e. The van der Waals surface area contributed by atoms with Gasteiger partial charge in [-0.25, -0.2) is 0 Å². The van der Waals surface area contributed by atoms with Crippen LogP contribution in [0.1, 0.15) is 55.2 Å². The van der Waals surface area contributed by atoms with Crippen molar-refractivity contribution in [2.24, 2.45) is 0 Å². The van der Waals surface area contributed by atoms with Crippen LogP contribution in [0.5, 0.6) is 0 Å². The summed E-state index contributed by atoms with van der Waals surface area (Å²) in [4.78, 5) is 11.3. The maximum atomic E-state index is 11.3. The average Bonchev–Trinajstić information content (AvgIpc) is 2.64. The van der Waals surface area contributed by atoms with Crippen molar-refractivity contribution < 1.29 is 4.79 Å². The third kappa shape index (κ3) is 4.79. The summed E-state index contributed by atoms with van der Waals surface area (Å²) in [6, 6.07) is 19.7. The van der Waals surface area contributed by atoms with Gasteiger partial charge in [0.25, 0.3) is 0 Å². The Morgan fingerprint density at radius 3 is 1.96 bits per heavy atom. The van der Waals surface area contributed by atoms with Gasteiger partial charge in [0.15, 0.2) is 5.78 Å². The second kappa shape index (κ2) is 8.11. The molecule has 0 saturated heterocycles. The van der Waals surface area contributed by atoms with Crippen LogP contribution in [-0.2, 0) is 11.2 Å². The second-order valence-electron chi connectivity index (χ2n) is 7.15. The number of benzene rings is 2. The van der Waals surface area contributed by atoms with E-state index in [1.54, 1.807) is 6.08 Å². The molecule has 1 aliphatic carbocycles. The molecular weight excluding hydrogens is 304 g/mol. The Morgan fingerprint density at radius 2 is 1.40 bits per heavy atom. The smallest absolute Gasteiger partial charge is 0.159 e. The monoisotopic (exact) mass is 330 g/mol. The lowest BCUT2D eigenvalue weighted by Crippen LogP contribution is -2.02. The van der Waals surface area contributed by atoms with Gasteiger partial charge in [-0.15, -0.1) is 0 Å². The van der Waals surface area contributed by atoms with Gasteiger partial charge in [0.1, 0.15) is 0 Å². The summed E-state index contributed by atoms with van der Waals surface area (Å²) < 4.78 is 0. The van der Waals surface area contributed by atoms with Crippen molar-refractivity contribution in [2.75, 3.05) is 0 Å². The minimum atomic E-state index is 0.202. The first kappa shape index (κ1) is 17.4. The Morgan fingerprint density at radius 1 is 0.800 bits per heavy atom. The van der Waals surface area contributed by atoms with E-state index in [1.165, 1.54) is 22.3 Å². The first-order chi connectivity index (χ1) is 12.1.